The third-order valence-electron chi connectivity index (χ3n) is 3.60. The van der Waals surface area contributed by atoms with Crippen molar-refractivity contribution in [2.45, 2.75) is 39.2 Å². The third kappa shape index (κ3) is 3.22. The second-order valence-corrected chi connectivity index (χ2v) is 4.95. The van der Waals surface area contributed by atoms with Crippen molar-refractivity contribution in [1.82, 2.24) is 4.90 Å². The lowest BCUT2D eigenvalue weighted by Crippen LogP contribution is -2.36. The van der Waals surface area contributed by atoms with Gasteiger partial charge < -0.3 is 10.2 Å². The van der Waals surface area contributed by atoms with E-state index in [0.717, 1.165) is 6.54 Å². The van der Waals surface area contributed by atoms with Crippen LogP contribution in [0.4, 0.5) is 5.69 Å². The molecule has 0 amide bonds. The molecule has 0 aliphatic carbocycles. The van der Waals surface area contributed by atoms with Crippen molar-refractivity contribution in [1.29, 1.82) is 0 Å². The number of hydrogen-bond acceptors (Lipinski definition) is 2. The summed E-state index contributed by atoms with van der Waals surface area (Å²) in [6, 6.07) is 9.28. The Morgan fingerprint density at radius 1 is 1.29 bits per heavy atom. The minimum Gasteiger partial charge on any atom is -0.380 e. The van der Waals surface area contributed by atoms with Crippen molar-refractivity contribution in [3.05, 3.63) is 29.8 Å². The Bertz CT molecular complexity index is 324. The number of unbranched alkanes of at least 4 members (excludes halogenated alkanes) is 1. The van der Waals surface area contributed by atoms with E-state index >= 15 is 0 Å². The fourth-order valence-corrected chi connectivity index (χ4v) is 2.56. The van der Waals surface area contributed by atoms with Gasteiger partial charge >= 0.3 is 0 Å². The number of anilines is 1. The van der Waals surface area contributed by atoms with Crippen LogP contribution in [0.5, 0.6) is 0 Å². The number of fused-ring (bicyclic) bond motifs is 1. The van der Waals surface area contributed by atoms with E-state index in [0.29, 0.717) is 6.04 Å². The van der Waals surface area contributed by atoms with Crippen LogP contribution in [-0.4, -0.2) is 30.6 Å². The Labute approximate surface area is 105 Å². The molecule has 2 heteroatoms. The molecule has 0 saturated carbocycles. The van der Waals surface area contributed by atoms with E-state index in [4.69, 9.17) is 0 Å². The lowest BCUT2D eigenvalue weighted by Gasteiger charge is -2.24. The molecule has 2 rings (SSSR count). The molecule has 94 valence electrons. The van der Waals surface area contributed by atoms with E-state index in [1.165, 1.54) is 43.6 Å². The van der Waals surface area contributed by atoms with Gasteiger partial charge in [0.25, 0.3) is 0 Å². The molecule has 1 heterocycles. The molecular weight excluding hydrogens is 208 g/mol. The van der Waals surface area contributed by atoms with E-state index in [2.05, 4.69) is 48.3 Å². The molecule has 1 aromatic rings. The highest BCUT2D eigenvalue weighted by molar-refractivity contribution is 5.56. The molecule has 0 saturated heterocycles. The SMILES string of the molecule is CCCCN(CC)CC1Cc2ccccc2N1. The average Bonchev–Trinajstić information content (AvgIpc) is 2.76. The van der Waals surface area contributed by atoms with E-state index in [-0.39, 0.29) is 0 Å². The molecule has 1 N–H and O–H groups in total. The average molecular weight is 232 g/mol. The number of likely N-dealkylation sites (N-methyl/N-ethyl adjacent to an activating group) is 1. The zero-order valence-corrected chi connectivity index (χ0v) is 11.1. The first-order valence-corrected chi connectivity index (χ1v) is 6.90. The van der Waals surface area contributed by atoms with E-state index in [1.807, 2.05) is 0 Å². The number of hydrogen-bond donors (Lipinski definition) is 1. The van der Waals surface area contributed by atoms with Gasteiger partial charge in [-0.15, -0.1) is 0 Å². The summed E-state index contributed by atoms with van der Waals surface area (Å²) >= 11 is 0. The second kappa shape index (κ2) is 6.06. The Morgan fingerprint density at radius 2 is 2.12 bits per heavy atom. The smallest absolute Gasteiger partial charge is 0.0429 e. The number of nitrogens with zero attached hydrogens (tertiary/aromatic N) is 1. The second-order valence-electron chi connectivity index (χ2n) is 4.95. The maximum atomic E-state index is 3.63. The fraction of sp³-hybridized carbons (Fsp3) is 0.600. The zero-order valence-electron chi connectivity index (χ0n) is 11.1. The maximum Gasteiger partial charge on any atom is 0.0429 e. The van der Waals surface area contributed by atoms with Crippen LogP contribution in [0.3, 0.4) is 0 Å². The number of nitrogens with one attached hydrogen (secondary N) is 1. The van der Waals surface area contributed by atoms with E-state index in [9.17, 15) is 0 Å². The molecule has 0 aromatic heterocycles. The Kier molecular flexibility index (Phi) is 4.43. The molecule has 0 radical (unpaired) electrons. The summed E-state index contributed by atoms with van der Waals surface area (Å²) in [7, 11) is 0. The molecule has 0 spiro atoms. The first kappa shape index (κ1) is 12.4. The summed E-state index contributed by atoms with van der Waals surface area (Å²) in [5, 5.41) is 3.63. The molecule has 0 bridgehead atoms. The van der Waals surface area contributed by atoms with Gasteiger partial charge in [-0.25, -0.2) is 0 Å². The van der Waals surface area contributed by atoms with Crippen LogP contribution in [-0.2, 0) is 6.42 Å². The van der Waals surface area contributed by atoms with Gasteiger partial charge in [0.2, 0.25) is 0 Å². The monoisotopic (exact) mass is 232 g/mol. The summed E-state index contributed by atoms with van der Waals surface area (Å²) in [4.78, 5) is 2.56. The number of rotatable bonds is 6. The quantitative estimate of drug-likeness (QED) is 0.810. The zero-order chi connectivity index (χ0) is 12.1. The highest BCUT2D eigenvalue weighted by atomic mass is 15.1. The van der Waals surface area contributed by atoms with Crippen LogP contribution in [0, 0.1) is 0 Å². The first-order valence-electron chi connectivity index (χ1n) is 6.90. The summed E-state index contributed by atoms with van der Waals surface area (Å²) < 4.78 is 0. The van der Waals surface area contributed by atoms with Gasteiger partial charge in [-0.05, 0) is 37.6 Å². The van der Waals surface area contributed by atoms with Crippen LogP contribution in [0.2, 0.25) is 0 Å². The van der Waals surface area contributed by atoms with E-state index in [1.54, 1.807) is 0 Å². The Hall–Kier alpha value is -1.02. The third-order valence-corrected chi connectivity index (χ3v) is 3.60. The molecular formula is C15H24N2. The van der Waals surface area contributed by atoms with E-state index < -0.39 is 0 Å². The lowest BCUT2D eigenvalue weighted by atomic mass is 10.1. The Morgan fingerprint density at radius 3 is 2.82 bits per heavy atom. The molecule has 1 aliphatic heterocycles. The summed E-state index contributed by atoms with van der Waals surface area (Å²) in [6.07, 6.45) is 3.78. The van der Waals surface area contributed by atoms with Crippen LogP contribution >= 0.6 is 0 Å². The van der Waals surface area contributed by atoms with Crippen molar-refractivity contribution in [2.75, 3.05) is 25.0 Å². The van der Waals surface area contributed by atoms with Crippen molar-refractivity contribution in [2.24, 2.45) is 0 Å². The van der Waals surface area contributed by atoms with Gasteiger partial charge in [-0.1, -0.05) is 38.5 Å². The van der Waals surface area contributed by atoms with Crippen molar-refractivity contribution in [3.63, 3.8) is 0 Å². The standard InChI is InChI=1S/C15H24N2/c1-3-5-10-17(4-2)12-14-11-13-8-6-7-9-15(13)16-14/h6-9,14,16H,3-5,10-12H2,1-2H3. The highest BCUT2D eigenvalue weighted by Crippen LogP contribution is 2.25. The normalized spacial score (nSPS) is 18.2. The van der Waals surface area contributed by atoms with Gasteiger partial charge in [0.05, 0.1) is 0 Å². The van der Waals surface area contributed by atoms with Crippen LogP contribution in [0.25, 0.3) is 0 Å². The topological polar surface area (TPSA) is 15.3 Å². The minimum absolute atomic E-state index is 0.601. The maximum absolute atomic E-state index is 3.63. The van der Waals surface area contributed by atoms with Gasteiger partial charge in [0.15, 0.2) is 0 Å². The summed E-state index contributed by atoms with van der Waals surface area (Å²) in [5.41, 5.74) is 2.81. The largest absolute Gasteiger partial charge is 0.380 e. The lowest BCUT2D eigenvalue weighted by molar-refractivity contribution is 0.272. The molecule has 1 atom stereocenters. The molecule has 17 heavy (non-hydrogen) atoms. The van der Waals surface area contributed by atoms with Crippen LogP contribution < -0.4 is 5.32 Å². The number of para-hydroxylation sites is 1. The van der Waals surface area contributed by atoms with Crippen molar-refractivity contribution >= 4 is 5.69 Å². The molecule has 1 aliphatic rings. The Balaban J connectivity index is 1.85. The summed E-state index contributed by atoms with van der Waals surface area (Å²) in [5.74, 6) is 0. The summed E-state index contributed by atoms with van der Waals surface area (Å²) in [6.45, 7) is 8.09. The molecule has 1 unspecified atom stereocenters. The van der Waals surface area contributed by atoms with Gasteiger partial charge in [0.1, 0.15) is 0 Å². The number of benzene rings is 1. The van der Waals surface area contributed by atoms with Crippen molar-refractivity contribution in [3.8, 4) is 0 Å². The van der Waals surface area contributed by atoms with Crippen LogP contribution in [0.15, 0.2) is 24.3 Å². The van der Waals surface area contributed by atoms with Crippen LogP contribution in [0.1, 0.15) is 32.3 Å². The fourth-order valence-electron chi connectivity index (χ4n) is 2.56. The van der Waals surface area contributed by atoms with Gasteiger partial charge in [0, 0.05) is 18.3 Å². The first-order chi connectivity index (χ1) is 8.33. The predicted molar refractivity (Wildman–Crippen MR) is 74.6 cm³/mol. The predicted octanol–water partition coefficient (Wildman–Crippen LogP) is 3.15. The molecule has 2 nitrogen and oxygen atoms in total. The molecule has 1 aromatic carbocycles. The van der Waals surface area contributed by atoms with Crippen molar-refractivity contribution < 1.29 is 0 Å². The van der Waals surface area contributed by atoms with Gasteiger partial charge in [-0.2, -0.15) is 0 Å². The highest BCUT2D eigenvalue weighted by Gasteiger charge is 2.21. The molecule has 0 fully saturated rings. The minimum atomic E-state index is 0.601. The van der Waals surface area contributed by atoms with Gasteiger partial charge in [-0.3, -0.25) is 0 Å².